The van der Waals surface area contributed by atoms with Crippen LogP contribution in [0.4, 0.5) is 0 Å². The molecule has 0 spiro atoms. The maximum absolute atomic E-state index is 2.58. The number of hydrogen-bond acceptors (Lipinski definition) is 0. The van der Waals surface area contributed by atoms with Gasteiger partial charge < -0.3 is 24.8 Å². The normalized spacial score (nSPS) is 14.6. The minimum absolute atomic E-state index is 0. The van der Waals surface area contributed by atoms with Gasteiger partial charge in [0.15, 0.2) is 0 Å². The third-order valence-corrected chi connectivity index (χ3v) is 17.3. The molecular weight excluding hydrogens is 655 g/mol. The SMILES string of the molecule is CCC[C](CCC)=[Zr+2]([C]1=CC=c2c1c1c(c3ccccc23)=CC=CC1)[C]1=CC=c2c1c1c(c3ccccc23)=CC=CC1.[Cl-].[Cl-]. The number of fused-ring (bicyclic) bond motifs is 12. The Morgan fingerprint density at radius 2 is 0.955 bits per heavy atom. The molecule has 0 N–H and O–H groups in total. The molecule has 4 aromatic rings. The largest absolute Gasteiger partial charge is 1.00 e. The zero-order valence-electron chi connectivity index (χ0n) is 25.4. The van der Waals surface area contributed by atoms with Crippen LogP contribution in [0.1, 0.15) is 61.8 Å². The number of allylic oxidation sites excluding steroid dienone is 6. The van der Waals surface area contributed by atoms with E-state index in [4.69, 9.17) is 0 Å². The molecule has 0 nitrogen and oxygen atoms in total. The Morgan fingerprint density at radius 1 is 0.545 bits per heavy atom. The summed E-state index contributed by atoms with van der Waals surface area (Å²) in [5.74, 6) is 0. The van der Waals surface area contributed by atoms with Crippen LogP contribution in [0.5, 0.6) is 0 Å². The van der Waals surface area contributed by atoms with Gasteiger partial charge >= 0.3 is 257 Å². The predicted molar refractivity (Wildman–Crippen MR) is 181 cm³/mol. The summed E-state index contributed by atoms with van der Waals surface area (Å²) in [5.41, 5.74) is 6.27. The summed E-state index contributed by atoms with van der Waals surface area (Å²) in [7, 11) is 0. The van der Waals surface area contributed by atoms with Crippen molar-refractivity contribution in [1.82, 2.24) is 0 Å². The minimum atomic E-state index is -2.56. The van der Waals surface area contributed by atoms with Gasteiger partial charge in [-0.05, 0) is 0 Å². The van der Waals surface area contributed by atoms with E-state index in [1.807, 2.05) is 3.21 Å². The molecule has 4 aliphatic carbocycles. The van der Waals surface area contributed by atoms with E-state index in [-0.39, 0.29) is 24.8 Å². The fraction of sp³-hybridized carbons (Fsp3) is 0.195. The van der Waals surface area contributed by atoms with Crippen LogP contribution in [-0.2, 0) is 34.1 Å². The van der Waals surface area contributed by atoms with Crippen LogP contribution in [0.2, 0.25) is 0 Å². The van der Waals surface area contributed by atoms with Gasteiger partial charge in [-0.25, -0.2) is 0 Å². The van der Waals surface area contributed by atoms with Gasteiger partial charge in [-0.2, -0.15) is 0 Å². The first-order chi connectivity index (χ1) is 20.8. The van der Waals surface area contributed by atoms with Crippen molar-refractivity contribution in [3.05, 3.63) is 128 Å². The molecule has 3 heteroatoms. The molecule has 44 heavy (non-hydrogen) atoms. The summed E-state index contributed by atoms with van der Waals surface area (Å²) in [5, 5.41) is 11.4. The maximum atomic E-state index is 2.58. The molecule has 0 fully saturated rings. The number of halogens is 2. The van der Waals surface area contributed by atoms with E-state index in [1.54, 1.807) is 28.8 Å². The second-order valence-corrected chi connectivity index (χ2v) is 18.3. The van der Waals surface area contributed by atoms with Crippen molar-refractivity contribution in [2.45, 2.75) is 52.4 Å². The molecule has 0 bridgehead atoms. The molecule has 0 amide bonds. The molecule has 8 rings (SSSR count). The van der Waals surface area contributed by atoms with Gasteiger partial charge in [0.1, 0.15) is 0 Å². The van der Waals surface area contributed by atoms with Crippen molar-refractivity contribution < 1.29 is 46.1 Å². The average molecular weight is 691 g/mol. The Morgan fingerprint density at radius 3 is 1.36 bits per heavy atom. The van der Waals surface area contributed by atoms with Crippen molar-refractivity contribution in [3.8, 4) is 0 Å². The Labute approximate surface area is 280 Å². The van der Waals surface area contributed by atoms with Gasteiger partial charge in [-0.1, -0.05) is 0 Å². The smallest absolute Gasteiger partial charge is 1.00 e. The van der Waals surface area contributed by atoms with Gasteiger partial charge in [0.05, 0.1) is 0 Å². The van der Waals surface area contributed by atoms with Crippen molar-refractivity contribution in [2.75, 3.05) is 0 Å². The molecule has 0 aliphatic heterocycles. The first-order valence-electron chi connectivity index (χ1n) is 15.8. The number of hydrogen-bond donors (Lipinski definition) is 0. The zero-order valence-corrected chi connectivity index (χ0v) is 29.4. The molecular formula is C41H36Cl2Zr. The monoisotopic (exact) mass is 688 g/mol. The van der Waals surface area contributed by atoms with Gasteiger partial charge in [-0.3, -0.25) is 0 Å². The van der Waals surface area contributed by atoms with E-state index in [9.17, 15) is 0 Å². The predicted octanol–water partition coefficient (Wildman–Crippen LogP) is 1.15. The summed E-state index contributed by atoms with van der Waals surface area (Å²) in [4.78, 5) is 0. The molecule has 4 aliphatic rings. The van der Waals surface area contributed by atoms with Crippen molar-refractivity contribution >= 4 is 55.6 Å². The average Bonchev–Trinajstić information content (AvgIpc) is 3.68. The van der Waals surface area contributed by atoms with Crippen molar-refractivity contribution in [2.24, 2.45) is 0 Å². The topological polar surface area (TPSA) is 0 Å². The number of benzene rings is 4. The van der Waals surface area contributed by atoms with Crippen LogP contribution in [-0.4, -0.2) is 3.21 Å². The second-order valence-electron chi connectivity index (χ2n) is 12.0. The maximum Gasteiger partial charge on any atom is -1.00 e. The Hall–Kier alpha value is -2.83. The van der Waals surface area contributed by atoms with E-state index >= 15 is 0 Å². The quantitative estimate of drug-likeness (QED) is 0.285. The molecule has 0 aromatic heterocycles. The fourth-order valence-electron chi connectivity index (χ4n) is 7.98. The molecule has 4 aromatic carbocycles. The molecule has 0 unspecified atom stereocenters. The molecule has 0 radical (unpaired) electrons. The summed E-state index contributed by atoms with van der Waals surface area (Å²) in [6, 6.07) is 18.2. The minimum Gasteiger partial charge on any atom is -1.00 e. The molecule has 0 atom stereocenters. The summed E-state index contributed by atoms with van der Waals surface area (Å²) in [6.45, 7) is 4.76. The summed E-state index contributed by atoms with van der Waals surface area (Å²) < 4.78 is 5.30. The van der Waals surface area contributed by atoms with Crippen LogP contribution in [0.3, 0.4) is 0 Å². The van der Waals surface area contributed by atoms with Crippen LogP contribution in [0.25, 0.3) is 52.4 Å². The van der Waals surface area contributed by atoms with E-state index in [1.165, 1.54) is 68.1 Å². The second kappa shape index (κ2) is 12.9. The molecule has 218 valence electrons. The van der Waals surface area contributed by atoms with Gasteiger partial charge in [0.25, 0.3) is 0 Å². The van der Waals surface area contributed by atoms with Crippen LogP contribution in [0, 0.1) is 0 Å². The Bertz CT molecular complexity index is 2100. The van der Waals surface area contributed by atoms with Crippen LogP contribution < -0.4 is 45.7 Å². The van der Waals surface area contributed by atoms with Crippen LogP contribution >= 0.6 is 0 Å². The van der Waals surface area contributed by atoms with E-state index < -0.39 is 21.3 Å². The van der Waals surface area contributed by atoms with Crippen molar-refractivity contribution in [3.63, 3.8) is 0 Å². The van der Waals surface area contributed by atoms with Crippen LogP contribution in [0.15, 0.2) is 85.0 Å². The summed E-state index contributed by atoms with van der Waals surface area (Å²) in [6.07, 6.45) is 31.1. The van der Waals surface area contributed by atoms with Gasteiger partial charge in [0, 0.05) is 0 Å². The molecule has 0 saturated heterocycles. The standard InChI is InChI=1S/2C17H11.C7H14.2ClH.Zr/c2*1-3-8-14-12(6-1)13-7-2-4-9-15(13)17-11-5-10-16(14)17;1-3-5-7-6-4-2;;;/h2*1-8,10H,9H2;3-6H2,1-2H3;2*1H;/q;;;;;+2/p-2. The third kappa shape index (κ3) is 4.79. The van der Waals surface area contributed by atoms with E-state index in [0.29, 0.717) is 0 Å². The molecule has 0 saturated carbocycles. The third-order valence-electron chi connectivity index (χ3n) is 9.62. The van der Waals surface area contributed by atoms with Crippen molar-refractivity contribution in [1.29, 1.82) is 0 Å². The summed E-state index contributed by atoms with van der Waals surface area (Å²) >= 11 is -2.56. The van der Waals surface area contributed by atoms with Gasteiger partial charge in [-0.15, -0.1) is 0 Å². The first kappa shape index (κ1) is 31.2. The molecule has 0 heterocycles. The number of rotatable bonds is 6. The zero-order chi connectivity index (χ0) is 28.2. The first-order valence-corrected chi connectivity index (χ1v) is 19.5. The Balaban J connectivity index is 0.00000171. The van der Waals surface area contributed by atoms with E-state index in [0.717, 1.165) is 12.8 Å². The fourth-order valence-corrected chi connectivity index (χ4v) is 16.9. The van der Waals surface area contributed by atoms with Gasteiger partial charge in [0.2, 0.25) is 0 Å². The Kier molecular flexibility index (Phi) is 9.13. The van der Waals surface area contributed by atoms with E-state index in [2.05, 4.69) is 123 Å².